The van der Waals surface area contributed by atoms with Gasteiger partial charge in [0.1, 0.15) is 0 Å². The number of carbonyl (C=O) groups is 1. The fourth-order valence-corrected chi connectivity index (χ4v) is 4.39. The van der Waals surface area contributed by atoms with Gasteiger partial charge in [-0.05, 0) is 73.6 Å². The number of rotatable bonds is 10. The third kappa shape index (κ3) is 6.02. The molecule has 2 aromatic carbocycles. The minimum Gasteiger partial charge on any atom is -0.481 e. The first kappa shape index (κ1) is 23.6. The highest BCUT2D eigenvalue weighted by atomic mass is 16.5. The Kier molecular flexibility index (Phi) is 8.52. The van der Waals surface area contributed by atoms with Gasteiger partial charge in [-0.2, -0.15) is 5.26 Å². The number of nitrogens with one attached hydrogen (secondary N) is 1. The van der Waals surface area contributed by atoms with Crippen molar-refractivity contribution in [3.05, 3.63) is 53.6 Å². The van der Waals surface area contributed by atoms with E-state index < -0.39 is 5.97 Å². The molecule has 0 spiro atoms. The van der Waals surface area contributed by atoms with Crippen molar-refractivity contribution in [3.63, 3.8) is 0 Å². The highest BCUT2D eigenvalue weighted by Crippen LogP contribution is 2.36. The van der Waals surface area contributed by atoms with Crippen LogP contribution in [-0.2, 0) is 9.53 Å². The molecule has 0 amide bonds. The highest BCUT2D eigenvalue weighted by Gasteiger charge is 2.24. The molecule has 6 heteroatoms. The molecule has 1 aliphatic heterocycles. The summed E-state index contributed by atoms with van der Waals surface area (Å²) in [5, 5.41) is 22.0. The number of anilines is 3. The first-order valence-corrected chi connectivity index (χ1v) is 11.5. The van der Waals surface area contributed by atoms with Crippen LogP contribution in [0.4, 0.5) is 17.1 Å². The summed E-state index contributed by atoms with van der Waals surface area (Å²) < 4.78 is 5.59. The van der Waals surface area contributed by atoms with Gasteiger partial charge in [-0.25, -0.2) is 0 Å². The van der Waals surface area contributed by atoms with Crippen LogP contribution in [0.3, 0.4) is 0 Å². The molecular formula is C26H33N3O3. The van der Waals surface area contributed by atoms with Crippen molar-refractivity contribution >= 4 is 23.0 Å². The maximum atomic E-state index is 11.4. The smallest absolute Gasteiger partial charge is 0.303 e. The van der Waals surface area contributed by atoms with Crippen molar-refractivity contribution in [2.45, 2.75) is 57.9 Å². The molecule has 1 atom stereocenters. The summed E-state index contributed by atoms with van der Waals surface area (Å²) in [6, 6.07) is 16.3. The quantitative estimate of drug-likeness (QED) is 0.500. The molecule has 0 radical (unpaired) electrons. The summed E-state index contributed by atoms with van der Waals surface area (Å²) >= 11 is 0. The standard InChI is InChI=1S/C26H33N3O3/c1-3-13-29(23-11-14-32-15-12-23)25-10-7-21(20(4-2)17-26(30)31)16-24(25)28-22-8-5-19(18-27)6-9-22/h5-10,16,20,23,28H,3-4,11-15,17H2,1-2H3,(H,30,31)/t20-/m0/s1. The normalized spacial score (nSPS) is 15.0. The van der Waals surface area contributed by atoms with E-state index in [1.807, 2.05) is 19.1 Å². The molecule has 1 heterocycles. The Hall–Kier alpha value is -3.04. The number of hydrogen-bond acceptors (Lipinski definition) is 5. The number of aliphatic carboxylic acids is 1. The van der Waals surface area contributed by atoms with Crippen LogP contribution in [0.5, 0.6) is 0 Å². The largest absolute Gasteiger partial charge is 0.481 e. The predicted octanol–water partition coefficient (Wildman–Crippen LogP) is 5.67. The minimum absolute atomic E-state index is 0.0363. The molecule has 0 aliphatic carbocycles. The summed E-state index contributed by atoms with van der Waals surface area (Å²) in [5.41, 5.74) is 4.63. The maximum absolute atomic E-state index is 11.4. The van der Waals surface area contributed by atoms with Crippen LogP contribution < -0.4 is 10.2 Å². The number of nitriles is 1. The van der Waals surface area contributed by atoms with E-state index >= 15 is 0 Å². The van der Waals surface area contributed by atoms with E-state index in [9.17, 15) is 9.90 Å². The zero-order valence-electron chi connectivity index (χ0n) is 19.0. The van der Waals surface area contributed by atoms with Crippen LogP contribution in [0, 0.1) is 11.3 Å². The van der Waals surface area contributed by atoms with Gasteiger partial charge >= 0.3 is 5.97 Å². The summed E-state index contributed by atoms with van der Waals surface area (Å²) in [6.45, 7) is 6.71. The summed E-state index contributed by atoms with van der Waals surface area (Å²) in [4.78, 5) is 13.9. The molecule has 1 aliphatic rings. The van der Waals surface area contributed by atoms with Crippen LogP contribution in [0.15, 0.2) is 42.5 Å². The van der Waals surface area contributed by atoms with Crippen molar-refractivity contribution < 1.29 is 14.6 Å². The van der Waals surface area contributed by atoms with Gasteiger partial charge in [-0.15, -0.1) is 0 Å². The summed E-state index contributed by atoms with van der Waals surface area (Å²) in [6.07, 6.45) is 3.90. The summed E-state index contributed by atoms with van der Waals surface area (Å²) in [5.74, 6) is -0.817. The van der Waals surface area contributed by atoms with Crippen LogP contribution in [0.1, 0.15) is 63.0 Å². The van der Waals surface area contributed by atoms with E-state index in [0.717, 1.165) is 68.1 Å². The second-order valence-electron chi connectivity index (χ2n) is 8.33. The second kappa shape index (κ2) is 11.5. The fraction of sp³-hybridized carbons (Fsp3) is 0.462. The predicted molar refractivity (Wildman–Crippen MR) is 128 cm³/mol. The van der Waals surface area contributed by atoms with E-state index in [1.165, 1.54) is 0 Å². The lowest BCUT2D eigenvalue weighted by atomic mass is 9.92. The van der Waals surface area contributed by atoms with Gasteiger partial charge in [0.15, 0.2) is 0 Å². The molecule has 1 fully saturated rings. The van der Waals surface area contributed by atoms with Gasteiger partial charge in [0.25, 0.3) is 0 Å². The first-order valence-electron chi connectivity index (χ1n) is 11.5. The second-order valence-corrected chi connectivity index (χ2v) is 8.33. The van der Waals surface area contributed by atoms with Crippen molar-refractivity contribution in [3.8, 4) is 6.07 Å². The van der Waals surface area contributed by atoms with Crippen LogP contribution >= 0.6 is 0 Å². The van der Waals surface area contributed by atoms with Gasteiger partial charge in [0.2, 0.25) is 0 Å². The van der Waals surface area contributed by atoms with E-state index in [2.05, 4.69) is 41.4 Å². The SMILES string of the molecule is CCCN(c1ccc([C@@H](CC)CC(=O)O)cc1Nc1ccc(C#N)cc1)C1CCOCC1. The molecule has 0 saturated carbocycles. The average molecular weight is 436 g/mol. The Balaban J connectivity index is 2.01. The first-order chi connectivity index (χ1) is 15.5. The molecular weight excluding hydrogens is 402 g/mol. The molecule has 170 valence electrons. The lowest BCUT2D eigenvalue weighted by Gasteiger charge is -2.37. The third-order valence-corrected chi connectivity index (χ3v) is 6.10. The summed E-state index contributed by atoms with van der Waals surface area (Å²) in [7, 11) is 0. The van der Waals surface area contributed by atoms with Crippen molar-refractivity contribution in [1.29, 1.82) is 5.26 Å². The van der Waals surface area contributed by atoms with Crippen molar-refractivity contribution in [1.82, 2.24) is 0 Å². The molecule has 0 bridgehead atoms. The van der Waals surface area contributed by atoms with Gasteiger partial charge in [-0.3, -0.25) is 4.79 Å². The van der Waals surface area contributed by atoms with Gasteiger partial charge in [0, 0.05) is 31.5 Å². The van der Waals surface area contributed by atoms with E-state index in [0.29, 0.717) is 11.6 Å². The highest BCUT2D eigenvalue weighted by molar-refractivity contribution is 5.77. The fourth-order valence-electron chi connectivity index (χ4n) is 4.39. The van der Waals surface area contributed by atoms with Gasteiger partial charge < -0.3 is 20.1 Å². The lowest BCUT2D eigenvalue weighted by molar-refractivity contribution is -0.137. The number of carboxylic acid groups (broad SMARTS) is 1. The number of benzene rings is 2. The Morgan fingerprint density at radius 2 is 1.94 bits per heavy atom. The molecule has 6 nitrogen and oxygen atoms in total. The molecule has 3 rings (SSSR count). The molecule has 32 heavy (non-hydrogen) atoms. The number of ether oxygens (including phenoxy) is 1. The van der Waals surface area contributed by atoms with Gasteiger partial charge in [0.05, 0.1) is 29.4 Å². The molecule has 0 unspecified atom stereocenters. The van der Waals surface area contributed by atoms with Crippen LogP contribution in [0.2, 0.25) is 0 Å². The third-order valence-electron chi connectivity index (χ3n) is 6.10. The zero-order valence-corrected chi connectivity index (χ0v) is 19.0. The maximum Gasteiger partial charge on any atom is 0.303 e. The number of carboxylic acids is 1. The Labute approximate surface area is 190 Å². The molecule has 2 aromatic rings. The Bertz CT molecular complexity index is 930. The van der Waals surface area contributed by atoms with E-state index in [1.54, 1.807) is 12.1 Å². The van der Waals surface area contributed by atoms with Crippen molar-refractivity contribution in [2.75, 3.05) is 30.0 Å². The Morgan fingerprint density at radius 3 is 2.53 bits per heavy atom. The Morgan fingerprint density at radius 1 is 1.22 bits per heavy atom. The number of hydrogen-bond donors (Lipinski definition) is 2. The van der Waals surface area contributed by atoms with Gasteiger partial charge in [-0.1, -0.05) is 19.9 Å². The zero-order chi connectivity index (χ0) is 22.9. The minimum atomic E-state index is -0.780. The molecule has 0 aromatic heterocycles. The number of nitrogens with zero attached hydrogens (tertiary/aromatic N) is 2. The lowest BCUT2D eigenvalue weighted by Crippen LogP contribution is -2.40. The van der Waals surface area contributed by atoms with Crippen LogP contribution in [-0.4, -0.2) is 36.9 Å². The monoisotopic (exact) mass is 435 g/mol. The van der Waals surface area contributed by atoms with E-state index in [4.69, 9.17) is 10.00 Å². The van der Waals surface area contributed by atoms with Crippen molar-refractivity contribution in [2.24, 2.45) is 0 Å². The van der Waals surface area contributed by atoms with E-state index in [-0.39, 0.29) is 12.3 Å². The average Bonchev–Trinajstić information content (AvgIpc) is 2.82. The molecule has 1 saturated heterocycles. The molecule has 2 N–H and O–H groups in total. The topological polar surface area (TPSA) is 85.6 Å². The van der Waals surface area contributed by atoms with Crippen LogP contribution in [0.25, 0.3) is 0 Å².